The summed E-state index contributed by atoms with van der Waals surface area (Å²) in [6.45, 7) is 4.14. The van der Waals surface area contributed by atoms with Crippen LogP contribution in [0.2, 0.25) is 0 Å². The molecule has 0 radical (unpaired) electrons. The minimum Gasteiger partial charge on any atom is -0.382 e. The summed E-state index contributed by atoms with van der Waals surface area (Å²) in [5, 5.41) is 7.26. The Labute approximate surface area is 132 Å². The second kappa shape index (κ2) is 5.37. The zero-order valence-corrected chi connectivity index (χ0v) is 13.5. The van der Waals surface area contributed by atoms with Crippen molar-refractivity contribution < 1.29 is 0 Å². The maximum absolute atomic E-state index is 6.08. The normalized spacial score (nSPS) is 10.8. The molecule has 0 saturated heterocycles. The lowest BCUT2D eigenvalue weighted by atomic mass is 9.99. The van der Waals surface area contributed by atoms with Crippen molar-refractivity contribution in [2.75, 3.05) is 5.73 Å². The van der Waals surface area contributed by atoms with E-state index in [9.17, 15) is 0 Å². The van der Waals surface area contributed by atoms with E-state index in [0.717, 1.165) is 26.9 Å². The number of H-pyrrole nitrogens is 1. The Kier molecular flexibility index (Phi) is 3.55. The number of aryl methyl sites for hydroxylation is 2. The zero-order valence-electron chi connectivity index (χ0n) is 11.9. The van der Waals surface area contributed by atoms with E-state index in [0.29, 0.717) is 5.82 Å². The molecule has 0 unspecified atom stereocenters. The van der Waals surface area contributed by atoms with E-state index in [-0.39, 0.29) is 0 Å². The highest BCUT2D eigenvalue weighted by molar-refractivity contribution is 9.10. The third-order valence-electron chi connectivity index (χ3n) is 3.43. The number of halogens is 1. The van der Waals surface area contributed by atoms with Crippen LogP contribution in [-0.2, 0) is 0 Å². The lowest BCUT2D eigenvalue weighted by molar-refractivity contribution is 1.10. The predicted octanol–water partition coefficient (Wildman–Crippen LogP) is 4.71. The molecule has 0 spiro atoms. The van der Waals surface area contributed by atoms with E-state index in [1.54, 1.807) is 0 Å². The third kappa shape index (κ3) is 2.72. The summed E-state index contributed by atoms with van der Waals surface area (Å²) >= 11 is 3.54. The van der Waals surface area contributed by atoms with Crippen LogP contribution in [-0.4, -0.2) is 10.2 Å². The topological polar surface area (TPSA) is 54.7 Å². The molecular formula is C17H16BrN3. The fraction of sp³-hybridized carbons (Fsp3) is 0.118. The number of anilines is 1. The second-order valence-corrected chi connectivity index (χ2v) is 6.16. The summed E-state index contributed by atoms with van der Waals surface area (Å²) in [5.74, 6) is 0.522. The lowest BCUT2D eigenvalue weighted by Crippen LogP contribution is -1.89. The quantitative estimate of drug-likeness (QED) is 0.709. The first-order valence-electron chi connectivity index (χ1n) is 6.73. The molecule has 21 heavy (non-hydrogen) atoms. The molecule has 0 aliphatic rings. The van der Waals surface area contributed by atoms with Gasteiger partial charge in [-0.3, -0.25) is 5.10 Å². The molecular weight excluding hydrogens is 326 g/mol. The van der Waals surface area contributed by atoms with E-state index in [4.69, 9.17) is 5.73 Å². The lowest BCUT2D eigenvalue weighted by Gasteiger charge is -2.07. The summed E-state index contributed by atoms with van der Waals surface area (Å²) < 4.78 is 1.04. The highest BCUT2D eigenvalue weighted by Crippen LogP contribution is 2.36. The highest BCUT2D eigenvalue weighted by Gasteiger charge is 2.15. The molecule has 3 aromatic rings. The Hall–Kier alpha value is -2.07. The Bertz CT molecular complexity index is 785. The monoisotopic (exact) mass is 341 g/mol. The smallest absolute Gasteiger partial charge is 0.153 e. The Morgan fingerprint density at radius 1 is 1.00 bits per heavy atom. The second-order valence-electron chi connectivity index (χ2n) is 5.25. The molecule has 0 atom stereocenters. The van der Waals surface area contributed by atoms with Crippen LogP contribution in [0.3, 0.4) is 0 Å². The van der Waals surface area contributed by atoms with E-state index < -0.39 is 0 Å². The fourth-order valence-electron chi connectivity index (χ4n) is 2.54. The van der Waals surface area contributed by atoms with Crippen LogP contribution in [0.25, 0.3) is 22.4 Å². The van der Waals surface area contributed by atoms with Gasteiger partial charge in [-0.2, -0.15) is 5.10 Å². The van der Waals surface area contributed by atoms with Gasteiger partial charge in [0.15, 0.2) is 5.82 Å². The van der Waals surface area contributed by atoms with E-state index in [2.05, 4.69) is 76.4 Å². The number of benzene rings is 2. The minimum atomic E-state index is 0.522. The molecule has 0 amide bonds. The van der Waals surface area contributed by atoms with Crippen LogP contribution < -0.4 is 5.73 Å². The molecule has 3 rings (SSSR count). The fourth-order valence-corrected chi connectivity index (χ4v) is 3.15. The van der Waals surface area contributed by atoms with Crippen molar-refractivity contribution >= 4 is 21.7 Å². The minimum absolute atomic E-state index is 0.522. The number of hydrogen-bond acceptors (Lipinski definition) is 2. The summed E-state index contributed by atoms with van der Waals surface area (Å²) in [5.41, 5.74) is 12.5. The number of hydrogen-bond donors (Lipinski definition) is 2. The molecule has 0 saturated carbocycles. The number of nitrogen functional groups attached to an aromatic ring is 1. The SMILES string of the molecule is Cc1cc(Br)cc(-c2[nH]nc(N)c2-c2cccc(C)c2)c1. The first-order chi connectivity index (χ1) is 10.0. The molecule has 3 nitrogen and oxygen atoms in total. The van der Waals surface area contributed by atoms with Gasteiger partial charge < -0.3 is 5.73 Å². The van der Waals surface area contributed by atoms with E-state index >= 15 is 0 Å². The van der Waals surface area contributed by atoms with Gasteiger partial charge in [-0.25, -0.2) is 0 Å². The first kappa shape index (κ1) is 13.9. The van der Waals surface area contributed by atoms with Crippen LogP contribution in [0.5, 0.6) is 0 Å². The van der Waals surface area contributed by atoms with Crippen molar-refractivity contribution in [3.8, 4) is 22.4 Å². The van der Waals surface area contributed by atoms with Crippen LogP contribution in [0.15, 0.2) is 46.9 Å². The summed E-state index contributed by atoms with van der Waals surface area (Å²) in [6.07, 6.45) is 0. The maximum Gasteiger partial charge on any atom is 0.153 e. The van der Waals surface area contributed by atoms with Gasteiger partial charge in [-0.1, -0.05) is 45.8 Å². The van der Waals surface area contributed by atoms with Crippen molar-refractivity contribution in [1.29, 1.82) is 0 Å². The summed E-state index contributed by atoms with van der Waals surface area (Å²) in [4.78, 5) is 0. The highest BCUT2D eigenvalue weighted by atomic mass is 79.9. The average molecular weight is 342 g/mol. The largest absolute Gasteiger partial charge is 0.382 e. The van der Waals surface area contributed by atoms with Crippen molar-refractivity contribution in [2.24, 2.45) is 0 Å². The Balaban J connectivity index is 2.21. The molecule has 1 aromatic heterocycles. The van der Waals surface area contributed by atoms with Crippen LogP contribution >= 0.6 is 15.9 Å². The first-order valence-corrected chi connectivity index (χ1v) is 7.52. The van der Waals surface area contributed by atoms with Gasteiger partial charge in [0.2, 0.25) is 0 Å². The maximum atomic E-state index is 6.08. The molecule has 4 heteroatoms. The summed E-state index contributed by atoms with van der Waals surface area (Å²) in [7, 11) is 0. The van der Waals surface area contributed by atoms with Gasteiger partial charge in [0.05, 0.1) is 11.3 Å². The standard InChI is InChI=1S/C17H16BrN3/c1-10-4-3-5-12(6-10)15-16(20-21-17(15)19)13-7-11(2)8-14(18)9-13/h3-9H,1-2H3,(H3,19,20,21). The molecule has 1 heterocycles. The van der Waals surface area contributed by atoms with Crippen LogP contribution in [0.1, 0.15) is 11.1 Å². The Morgan fingerprint density at radius 3 is 2.48 bits per heavy atom. The molecule has 3 N–H and O–H groups in total. The van der Waals surface area contributed by atoms with Crippen molar-refractivity contribution in [2.45, 2.75) is 13.8 Å². The number of aromatic amines is 1. The summed E-state index contributed by atoms with van der Waals surface area (Å²) in [6, 6.07) is 14.6. The molecule has 0 fully saturated rings. The third-order valence-corrected chi connectivity index (χ3v) is 3.89. The molecule has 0 aliphatic heterocycles. The zero-order chi connectivity index (χ0) is 15.0. The van der Waals surface area contributed by atoms with Crippen LogP contribution in [0, 0.1) is 13.8 Å². The molecule has 0 bridgehead atoms. The average Bonchev–Trinajstić information content (AvgIpc) is 2.79. The number of nitrogens with zero attached hydrogens (tertiary/aromatic N) is 1. The van der Waals surface area contributed by atoms with E-state index in [1.165, 1.54) is 11.1 Å². The number of nitrogens with two attached hydrogens (primary N) is 1. The van der Waals surface area contributed by atoms with Crippen molar-refractivity contribution in [3.63, 3.8) is 0 Å². The van der Waals surface area contributed by atoms with Crippen molar-refractivity contribution in [3.05, 3.63) is 58.1 Å². The molecule has 2 aromatic carbocycles. The van der Waals surface area contributed by atoms with Gasteiger partial charge in [0.1, 0.15) is 0 Å². The van der Waals surface area contributed by atoms with Crippen molar-refractivity contribution in [1.82, 2.24) is 10.2 Å². The van der Waals surface area contributed by atoms with Gasteiger partial charge in [-0.05, 0) is 43.2 Å². The van der Waals surface area contributed by atoms with Crippen LogP contribution in [0.4, 0.5) is 5.82 Å². The number of nitrogens with one attached hydrogen (secondary N) is 1. The van der Waals surface area contributed by atoms with E-state index in [1.807, 2.05) is 6.07 Å². The predicted molar refractivity (Wildman–Crippen MR) is 91.0 cm³/mol. The molecule has 0 aliphatic carbocycles. The number of rotatable bonds is 2. The Morgan fingerprint density at radius 2 is 1.76 bits per heavy atom. The van der Waals surface area contributed by atoms with Gasteiger partial charge >= 0.3 is 0 Å². The van der Waals surface area contributed by atoms with Gasteiger partial charge in [0, 0.05) is 10.0 Å². The van der Waals surface area contributed by atoms with Gasteiger partial charge in [-0.15, -0.1) is 0 Å². The molecule has 106 valence electrons. The van der Waals surface area contributed by atoms with Gasteiger partial charge in [0.25, 0.3) is 0 Å². The number of aromatic nitrogens is 2.